The molecule has 8 heteroatoms. The van der Waals surface area contributed by atoms with Gasteiger partial charge in [-0.2, -0.15) is 0 Å². The minimum Gasteiger partial charge on any atom is -0.468 e. The molecule has 0 unspecified atom stereocenters. The van der Waals surface area contributed by atoms with E-state index in [2.05, 4.69) is 15.5 Å². The van der Waals surface area contributed by atoms with E-state index in [1.165, 1.54) is 6.26 Å². The van der Waals surface area contributed by atoms with Gasteiger partial charge >= 0.3 is 11.8 Å². The number of morpholine rings is 1. The molecule has 1 fully saturated rings. The van der Waals surface area contributed by atoms with E-state index in [1.807, 2.05) is 6.07 Å². The van der Waals surface area contributed by atoms with Gasteiger partial charge in [0, 0.05) is 19.6 Å². The Morgan fingerprint density at radius 2 is 1.76 bits per heavy atom. The predicted octanol–water partition coefficient (Wildman–Crippen LogP) is 0.678. The molecule has 2 amide bonds. The van der Waals surface area contributed by atoms with Crippen LogP contribution in [0.2, 0.25) is 0 Å². The third-order valence-electron chi connectivity index (χ3n) is 4.02. The summed E-state index contributed by atoms with van der Waals surface area (Å²) in [6.07, 6.45) is 3.11. The average molecular weight is 347 g/mol. The summed E-state index contributed by atoms with van der Waals surface area (Å²) in [6, 6.07) is 6.98. The molecule has 0 bridgehead atoms. The Hall–Kier alpha value is -2.58. The van der Waals surface area contributed by atoms with Crippen molar-refractivity contribution in [2.24, 2.45) is 0 Å². The van der Waals surface area contributed by atoms with Crippen LogP contribution in [0, 0.1) is 0 Å². The minimum atomic E-state index is -0.698. The van der Waals surface area contributed by atoms with Gasteiger partial charge in [-0.1, -0.05) is 0 Å². The number of furan rings is 2. The van der Waals surface area contributed by atoms with Crippen molar-refractivity contribution < 1.29 is 23.2 Å². The first-order valence-electron chi connectivity index (χ1n) is 8.17. The fraction of sp³-hybridized carbons (Fsp3) is 0.412. The van der Waals surface area contributed by atoms with E-state index >= 15 is 0 Å². The zero-order valence-electron chi connectivity index (χ0n) is 13.8. The van der Waals surface area contributed by atoms with Crippen molar-refractivity contribution in [2.45, 2.75) is 12.6 Å². The number of amides is 2. The molecule has 0 spiro atoms. The van der Waals surface area contributed by atoms with E-state index in [-0.39, 0.29) is 19.1 Å². The number of nitrogens with zero attached hydrogens (tertiary/aromatic N) is 1. The molecule has 3 rings (SSSR count). The lowest BCUT2D eigenvalue weighted by atomic mass is 10.1. The molecule has 0 aromatic carbocycles. The molecule has 2 aromatic rings. The number of carbonyl (C=O) groups is 2. The Labute approximate surface area is 145 Å². The third-order valence-corrected chi connectivity index (χ3v) is 4.02. The number of carbonyl (C=O) groups excluding carboxylic acids is 2. The Morgan fingerprint density at radius 3 is 2.44 bits per heavy atom. The maximum atomic E-state index is 12.0. The smallest absolute Gasteiger partial charge is 0.309 e. The van der Waals surface area contributed by atoms with Crippen LogP contribution in [-0.2, 0) is 20.9 Å². The van der Waals surface area contributed by atoms with Gasteiger partial charge in [0.15, 0.2) is 0 Å². The summed E-state index contributed by atoms with van der Waals surface area (Å²) in [6.45, 7) is 3.20. The maximum Gasteiger partial charge on any atom is 0.309 e. The number of nitrogens with one attached hydrogen (secondary N) is 2. The third kappa shape index (κ3) is 4.71. The molecule has 8 nitrogen and oxygen atoms in total. The largest absolute Gasteiger partial charge is 0.468 e. The molecule has 0 radical (unpaired) electrons. The highest BCUT2D eigenvalue weighted by atomic mass is 16.5. The fourth-order valence-electron chi connectivity index (χ4n) is 2.71. The Balaban J connectivity index is 1.52. The van der Waals surface area contributed by atoms with Crippen molar-refractivity contribution in [3.8, 4) is 0 Å². The number of rotatable bonds is 6. The fourth-order valence-corrected chi connectivity index (χ4v) is 2.71. The van der Waals surface area contributed by atoms with Crippen molar-refractivity contribution >= 4 is 11.8 Å². The van der Waals surface area contributed by atoms with Gasteiger partial charge in [0.2, 0.25) is 0 Å². The molecular formula is C17H21N3O5. The maximum absolute atomic E-state index is 12.0. The lowest BCUT2D eigenvalue weighted by Gasteiger charge is -2.33. The predicted molar refractivity (Wildman–Crippen MR) is 87.4 cm³/mol. The summed E-state index contributed by atoms with van der Waals surface area (Å²) in [7, 11) is 0. The lowest BCUT2D eigenvalue weighted by molar-refractivity contribution is -0.139. The quantitative estimate of drug-likeness (QED) is 0.746. The second kappa shape index (κ2) is 8.50. The summed E-state index contributed by atoms with van der Waals surface area (Å²) >= 11 is 0. The van der Waals surface area contributed by atoms with Gasteiger partial charge in [0.05, 0.1) is 38.3 Å². The van der Waals surface area contributed by atoms with Gasteiger partial charge in [0.25, 0.3) is 0 Å². The second-order valence-electron chi connectivity index (χ2n) is 5.65. The van der Waals surface area contributed by atoms with Crippen molar-refractivity contribution in [2.75, 3.05) is 32.8 Å². The van der Waals surface area contributed by atoms with Crippen molar-refractivity contribution in [3.05, 3.63) is 48.3 Å². The summed E-state index contributed by atoms with van der Waals surface area (Å²) < 4.78 is 16.0. The van der Waals surface area contributed by atoms with Crippen LogP contribution < -0.4 is 10.6 Å². The molecule has 134 valence electrons. The van der Waals surface area contributed by atoms with Crippen LogP contribution in [0.5, 0.6) is 0 Å². The van der Waals surface area contributed by atoms with Gasteiger partial charge in [-0.05, 0) is 24.3 Å². The van der Waals surface area contributed by atoms with Crippen LogP contribution in [0.25, 0.3) is 0 Å². The van der Waals surface area contributed by atoms with Gasteiger partial charge in [-0.15, -0.1) is 0 Å². The molecule has 1 aliphatic rings. The van der Waals surface area contributed by atoms with Gasteiger partial charge in [-0.3, -0.25) is 14.5 Å². The first kappa shape index (κ1) is 17.2. The molecule has 0 aliphatic carbocycles. The van der Waals surface area contributed by atoms with Gasteiger partial charge in [-0.25, -0.2) is 0 Å². The zero-order chi connectivity index (χ0) is 17.5. The molecule has 0 saturated carbocycles. The second-order valence-corrected chi connectivity index (χ2v) is 5.65. The average Bonchev–Trinajstić information content (AvgIpc) is 3.34. The van der Waals surface area contributed by atoms with E-state index in [0.717, 1.165) is 18.8 Å². The van der Waals surface area contributed by atoms with E-state index in [4.69, 9.17) is 13.6 Å². The zero-order valence-corrected chi connectivity index (χ0v) is 13.8. The van der Waals surface area contributed by atoms with Crippen LogP contribution in [-0.4, -0.2) is 49.6 Å². The molecule has 1 aliphatic heterocycles. The molecule has 25 heavy (non-hydrogen) atoms. The summed E-state index contributed by atoms with van der Waals surface area (Å²) in [5, 5.41) is 5.20. The highest BCUT2D eigenvalue weighted by molar-refractivity contribution is 6.35. The molecular weight excluding hydrogens is 326 g/mol. The van der Waals surface area contributed by atoms with Gasteiger partial charge < -0.3 is 24.2 Å². The van der Waals surface area contributed by atoms with Crippen molar-refractivity contribution in [1.82, 2.24) is 15.5 Å². The molecule has 1 saturated heterocycles. The molecule has 2 N–H and O–H groups in total. The van der Waals surface area contributed by atoms with Crippen LogP contribution in [0.1, 0.15) is 17.6 Å². The number of hydrogen-bond acceptors (Lipinski definition) is 6. The molecule has 2 aromatic heterocycles. The van der Waals surface area contributed by atoms with Crippen LogP contribution in [0.15, 0.2) is 45.6 Å². The van der Waals surface area contributed by atoms with Crippen LogP contribution in [0.4, 0.5) is 0 Å². The summed E-state index contributed by atoms with van der Waals surface area (Å²) in [4.78, 5) is 26.1. The van der Waals surface area contributed by atoms with E-state index in [9.17, 15) is 9.59 Å². The topological polar surface area (TPSA) is 97.0 Å². The van der Waals surface area contributed by atoms with Crippen LogP contribution >= 0.6 is 0 Å². The summed E-state index contributed by atoms with van der Waals surface area (Å²) in [5.41, 5.74) is 0. The Kier molecular flexibility index (Phi) is 5.86. The summed E-state index contributed by atoms with van der Waals surface area (Å²) in [5.74, 6) is -0.0472. The highest BCUT2D eigenvalue weighted by Crippen LogP contribution is 2.21. The normalized spacial score (nSPS) is 16.3. The Morgan fingerprint density at radius 1 is 1.04 bits per heavy atom. The van der Waals surface area contributed by atoms with Crippen molar-refractivity contribution in [3.63, 3.8) is 0 Å². The van der Waals surface area contributed by atoms with Gasteiger partial charge in [0.1, 0.15) is 11.5 Å². The molecule has 1 atom stereocenters. The van der Waals surface area contributed by atoms with E-state index in [1.54, 1.807) is 24.5 Å². The first-order valence-corrected chi connectivity index (χ1v) is 8.17. The monoisotopic (exact) mass is 347 g/mol. The standard InChI is InChI=1S/C17H21N3O5/c21-16(18-11-13-3-1-7-24-13)17(22)19-12-14(15-4-2-8-25-15)20-5-9-23-10-6-20/h1-4,7-8,14H,5-6,9-12H2,(H,18,21)(H,19,22)/t14-/m1/s1. The minimum absolute atomic E-state index is 0.138. The highest BCUT2D eigenvalue weighted by Gasteiger charge is 2.26. The number of hydrogen-bond donors (Lipinski definition) is 2. The molecule has 3 heterocycles. The van der Waals surface area contributed by atoms with E-state index in [0.29, 0.717) is 19.0 Å². The lowest BCUT2D eigenvalue weighted by Crippen LogP contribution is -2.46. The van der Waals surface area contributed by atoms with Crippen LogP contribution in [0.3, 0.4) is 0 Å². The van der Waals surface area contributed by atoms with E-state index < -0.39 is 11.8 Å². The SMILES string of the molecule is O=C(NCc1ccco1)C(=O)NC[C@H](c1ccco1)N1CCOCC1. The number of ether oxygens (including phenoxy) is 1. The Bertz CT molecular complexity index is 663. The van der Waals surface area contributed by atoms with Crippen molar-refractivity contribution in [1.29, 1.82) is 0 Å². The first-order chi connectivity index (χ1) is 12.2.